The molecule has 0 aliphatic heterocycles. The molecule has 1 heterocycles. The Hall–Kier alpha value is -2.96. The first-order chi connectivity index (χ1) is 14.8. The van der Waals surface area contributed by atoms with Crippen LogP contribution in [0.2, 0.25) is 0 Å². The average molecular weight is 479 g/mol. The van der Waals surface area contributed by atoms with Gasteiger partial charge in [0.05, 0.1) is 17.8 Å². The van der Waals surface area contributed by atoms with Gasteiger partial charge in [0.2, 0.25) is 5.13 Å². The fraction of sp³-hybridized carbons (Fsp3) is 0.158. The van der Waals surface area contributed by atoms with E-state index in [0.29, 0.717) is 4.34 Å². The summed E-state index contributed by atoms with van der Waals surface area (Å²) in [5, 5.41) is 10.6. The molecule has 0 atom stereocenters. The Balaban J connectivity index is 1.67. The summed E-state index contributed by atoms with van der Waals surface area (Å²) in [5.74, 6) is -0.782. The van der Waals surface area contributed by atoms with Crippen molar-refractivity contribution in [2.24, 2.45) is 0 Å². The number of sulfonamides is 1. The van der Waals surface area contributed by atoms with Crippen LogP contribution >= 0.6 is 23.1 Å². The number of hydrogen-bond donors (Lipinski definition) is 2. The number of esters is 1. The number of rotatable bonds is 8. The maximum Gasteiger partial charge on any atom is 0.316 e. The van der Waals surface area contributed by atoms with Gasteiger partial charge in [-0.15, -0.1) is 10.2 Å². The third-order valence-corrected chi connectivity index (χ3v) is 7.22. The molecule has 9 nitrogen and oxygen atoms in total. The maximum absolute atomic E-state index is 12.6. The van der Waals surface area contributed by atoms with Crippen molar-refractivity contribution in [1.29, 1.82) is 0 Å². The lowest BCUT2D eigenvalue weighted by Crippen LogP contribution is -2.15. The summed E-state index contributed by atoms with van der Waals surface area (Å²) >= 11 is 2.26. The van der Waals surface area contributed by atoms with Crippen LogP contribution in [0.1, 0.15) is 15.9 Å². The molecular weight excluding hydrogens is 460 g/mol. The molecule has 0 aliphatic carbocycles. The minimum atomic E-state index is -3.79. The van der Waals surface area contributed by atoms with E-state index in [-0.39, 0.29) is 27.0 Å². The molecule has 0 unspecified atom stereocenters. The standard InChI is InChI=1S/C19H18N4O5S3/c1-12-6-8-15(9-7-12)31(26,27)23-14-5-3-4-13(10-14)17(25)20-18-21-22-19(30-18)29-11-16(24)28-2/h3-10,23H,11H2,1-2H3,(H,20,21,25). The number of methoxy groups -OCH3 is 1. The number of aromatic nitrogens is 2. The molecule has 12 heteroatoms. The molecule has 3 rings (SSSR count). The Morgan fingerprint density at radius 2 is 1.87 bits per heavy atom. The highest BCUT2D eigenvalue weighted by Crippen LogP contribution is 2.26. The number of hydrogen-bond acceptors (Lipinski definition) is 9. The van der Waals surface area contributed by atoms with Gasteiger partial charge in [-0.1, -0.05) is 46.9 Å². The Morgan fingerprint density at radius 3 is 2.58 bits per heavy atom. The molecule has 0 bridgehead atoms. The number of carbonyl (C=O) groups is 2. The third-order valence-electron chi connectivity index (χ3n) is 3.88. The molecule has 2 N–H and O–H groups in total. The van der Waals surface area contributed by atoms with Crippen molar-refractivity contribution in [3.05, 3.63) is 59.7 Å². The van der Waals surface area contributed by atoms with E-state index in [4.69, 9.17) is 0 Å². The highest BCUT2D eigenvalue weighted by Gasteiger charge is 2.16. The lowest BCUT2D eigenvalue weighted by atomic mass is 10.2. The monoisotopic (exact) mass is 478 g/mol. The van der Waals surface area contributed by atoms with Crippen LogP contribution in [0.4, 0.5) is 10.8 Å². The lowest BCUT2D eigenvalue weighted by molar-refractivity contribution is -0.137. The fourth-order valence-corrected chi connectivity index (χ4v) is 4.95. The van der Waals surface area contributed by atoms with Gasteiger partial charge in [-0.25, -0.2) is 8.42 Å². The summed E-state index contributed by atoms with van der Waals surface area (Å²) in [4.78, 5) is 23.8. The summed E-state index contributed by atoms with van der Waals surface area (Å²) in [6.07, 6.45) is 0. The van der Waals surface area contributed by atoms with Crippen LogP contribution in [-0.2, 0) is 19.6 Å². The molecular formula is C19H18N4O5S3. The summed E-state index contributed by atoms with van der Waals surface area (Å²) < 4.78 is 32.6. The van der Waals surface area contributed by atoms with Gasteiger partial charge in [-0.05, 0) is 37.3 Å². The molecule has 0 saturated heterocycles. The van der Waals surface area contributed by atoms with E-state index in [1.807, 2.05) is 6.92 Å². The number of amides is 1. The maximum atomic E-state index is 12.6. The molecule has 2 aromatic carbocycles. The largest absolute Gasteiger partial charge is 0.468 e. The molecule has 0 aliphatic rings. The first kappa shape index (κ1) is 22.7. The van der Waals surface area contributed by atoms with Crippen molar-refractivity contribution in [3.63, 3.8) is 0 Å². The van der Waals surface area contributed by atoms with Gasteiger partial charge in [0.1, 0.15) is 0 Å². The second-order valence-electron chi connectivity index (χ2n) is 6.19. The lowest BCUT2D eigenvalue weighted by Gasteiger charge is -2.09. The van der Waals surface area contributed by atoms with Crippen LogP contribution in [0.25, 0.3) is 0 Å². The molecule has 0 saturated carbocycles. The van der Waals surface area contributed by atoms with Crippen molar-refractivity contribution in [2.45, 2.75) is 16.2 Å². The SMILES string of the molecule is COC(=O)CSc1nnc(NC(=O)c2cccc(NS(=O)(=O)c3ccc(C)cc3)c2)s1. The van der Waals surface area contributed by atoms with E-state index in [1.165, 1.54) is 25.3 Å². The quantitative estimate of drug-likeness (QED) is 0.287. The van der Waals surface area contributed by atoms with Crippen LogP contribution in [0.5, 0.6) is 0 Å². The Labute approximate surface area is 187 Å². The second-order valence-corrected chi connectivity index (χ2v) is 10.1. The minimum absolute atomic E-state index is 0.0856. The van der Waals surface area contributed by atoms with Gasteiger partial charge in [0.15, 0.2) is 4.34 Å². The third kappa shape index (κ3) is 6.26. The van der Waals surface area contributed by atoms with E-state index in [2.05, 4.69) is 25.0 Å². The average Bonchev–Trinajstić information content (AvgIpc) is 3.19. The van der Waals surface area contributed by atoms with Gasteiger partial charge in [-0.3, -0.25) is 19.6 Å². The number of carbonyl (C=O) groups excluding carboxylic acids is 2. The van der Waals surface area contributed by atoms with Crippen molar-refractivity contribution in [2.75, 3.05) is 22.9 Å². The van der Waals surface area contributed by atoms with E-state index >= 15 is 0 Å². The van der Waals surface area contributed by atoms with Crippen molar-refractivity contribution < 1.29 is 22.7 Å². The van der Waals surface area contributed by atoms with Crippen LogP contribution in [0, 0.1) is 6.92 Å². The number of thioether (sulfide) groups is 1. The minimum Gasteiger partial charge on any atom is -0.468 e. The molecule has 0 spiro atoms. The number of ether oxygens (including phenoxy) is 1. The first-order valence-electron chi connectivity index (χ1n) is 8.81. The molecule has 31 heavy (non-hydrogen) atoms. The predicted molar refractivity (Wildman–Crippen MR) is 119 cm³/mol. The van der Waals surface area contributed by atoms with E-state index < -0.39 is 21.9 Å². The Bertz CT molecular complexity index is 1190. The molecule has 1 amide bonds. The van der Waals surface area contributed by atoms with E-state index in [0.717, 1.165) is 28.7 Å². The van der Waals surface area contributed by atoms with Gasteiger partial charge in [0, 0.05) is 11.3 Å². The van der Waals surface area contributed by atoms with E-state index in [9.17, 15) is 18.0 Å². The summed E-state index contributed by atoms with van der Waals surface area (Å²) in [7, 11) is -2.49. The number of anilines is 2. The van der Waals surface area contributed by atoms with Crippen LogP contribution < -0.4 is 10.0 Å². The Morgan fingerprint density at radius 1 is 1.13 bits per heavy atom. The number of aryl methyl sites for hydroxylation is 1. The predicted octanol–water partition coefficient (Wildman–Crippen LogP) is 3.16. The number of nitrogens with one attached hydrogen (secondary N) is 2. The fourth-order valence-electron chi connectivity index (χ4n) is 2.32. The normalized spacial score (nSPS) is 11.0. The molecule has 3 aromatic rings. The smallest absolute Gasteiger partial charge is 0.316 e. The summed E-state index contributed by atoms with van der Waals surface area (Å²) in [6, 6.07) is 12.5. The van der Waals surface area contributed by atoms with Gasteiger partial charge in [-0.2, -0.15) is 0 Å². The van der Waals surface area contributed by atoms with Crippen LogP contribution in [0.3, 0.4) is 0 Å². The molecule has 162 valence electrons. The van der Waals surface area contributed by atoms with Gasteiger partial charge < -0.3 is 4.74 Å². The zero-order valence-electron chi connectivity index (χ0n) is 16.5. The highest BCUT2D eigenvalue weighted by molar-refractivity contribution is 8.01. The van der Waals surface area contributed by atoms with Crippen molar-refractivity contribution >= 4 is 55.8 Å². The first-order valence-corrected chi connectivity index (χ1v) is 12.1. The van der Waals surface area contributed by atoms with Gasteiger partial charge in [0.25, 0.3) is 15.9 Å². The number of benzene rings is 2. The molecule has 1 aromatic heterocycles. The zero-order valence-corrected chi connectivity index (χ0v) is 18.9. The van der Waals surface area contributed by atoms with Gasteiger partial charge >= 0.3 is 5.97 Å². The Kier molecular flexibility index (Phi) is 7.25. The van der Waals surface area contributed by atoms with Crippen molar-refractivity contribution in [3.8, 4) is 0 Å². The van der Waals surface area contributed by atoms with Crippen LogP contribution in [0.15, 0.2) is 57.8 Å². The van der Waals surface area contributed by atoms with E-state index in [1.54, 1.807) is 30.3 Å². The van der Waals surface area contributed by atoms with Crippen molar-refractivity contribution in [1.82, 2.24) is 10.2 Å². The molecule has 0 fully saturated rings. The number of nitrogens with zero attached hydrogens (tertiary/aromatic N) is 2. The second kappa shape index (κ2) is 9.90. The highest BCUT2D eigenvalue weighted by atomic mass is 32.2. The zero-order chi connectivity index (χ0) is 22.4. The summed E-state index contributed by atoms with van der Waals surface area (Å²) in [6.45, 7) is 1.87. The molecule has 0 radical (unpaired) electrons. The summed E-state index contributed by atoms with van der Waals surface area (Å²) in [5.41, 5.74) is 1.43. The topological polar surface area (TPSA) is 127 Å². The van der Waals surface area contributed by atoms with Crippen LogP contribution in [-0.4, -0.2) is 43.4 Å².